The highest BCUT2D eigenvalue weighted by atomic mass is 16.5. The van der Waals surface area contributed by atoms with Gasteiger partial charge in [-0.25, -0.2) is 0 Å². The quantitative estimate of drug-likeness (QED) is 0.707. The summed E-state index contributed by atoms with van der Waals surface area (Å²) in [6.07, 6.45) is 6.38. The number of rotatable bonds is 3. The molecule has 78 valence electrons. The van der Waals surface area contributed by atoms with Crippen LogP contribution in [-0.4, -0.2) is 19.3 Å². The standard InChI is InChI=1S/C10H16N2O2/c1-8-5-10(12-11-6-8)14-7-9-3-2-4-13-9/h5-6,9,11-12H,2-4,7H2,1H3. The molecule has 0 aromatic carbocycles. The third-order valence-corrected chi connectivity index (χ3v) is 2.30. The first-order chi connectivity index (χ1) is 6.84. The summed E-state index contributed by atoms with van der Waals surface area (Å²) in [7, 11) is 0. The van der Waals surface area contributed by atoms with E-state index in [2.05, 4.69) is 10.9 Å². The van der Waals surface area contributed by atoms with Crippen LogP contribution in [0.15, 0.2) is 23.7 Å². The summed E-state index contributed by atoms with van der Waals surface area (Å²) in [5.41, 5.74) is 6.99. The molecule has 1 atom stereocenters. The molecule has 0 saturated carbocycles. The molecule has 0 aromatic rings. The van der Waals surface area contributed by atoms with E-state index >= 15 is 0 Å². The van der Waals surface area contributed by atoms with Gasteiger partial charge < -0.3 is 14.9 Å². The molecule has 4 nitrogen and oxygen atoms in total. The van der Waals surface area contributed by atoms with Crippen LogP contribution in [0.2, 0.25) is 0 Å². The number of ether oxygens (including phenoxy) is 2. The Bertz CT molecular complexity index is 255. The predicted octanol–water partition coefficient (Wildman–Crippen LogP) is 1.04. The molecule has 0 bridgehead atoms. The monoisotopic (exact) mass is 196 g/mol. The van der Waals surface area contributed by atoms with E-state index in [1.165, 1.54) is 0 Å². The van der Waals surface area contributed by atoms with Gasteiger partial charge in [-0.3, -0.25) is 5.43 Å². The molecule has 0 spiro atoms. The van der Waals surface area contributed by atoms with Gasteiger partial charge in [0.15, 0.2) is 0 Å². The summed E-state index contributed by atoms with van der Waals surface area (Å²) in [6.45, 7) is 3.52. The number of hydrogen-bond donors (Lipinski definition) is 2. The second-order valence-corrected chi connectivity index (χ2v) is 3.61. The lowest BCUT2D eigenvalue weighted by Gasteiger charge is -2.18. The minimum atomic E-state index is 0.268. The van der Waals surface area contributed by atoms with Gasteiger partial charge in [0.25, 0.3) is 0 Å². The number of nitrogens with one attached hydrogen (secondary N) is 2. The highest BCUT2D eigenvalue weighted by Gasteiger charge is 2.16. The Balaban J connectivity index is 1.77. The summed E-state index contributed by atoms with van der Waals surface area (Å²) in [6, 6.07) is 0. The Hall–Kier alpha value is -1.16. The smallest absolute Gasteiger partial charge is 0.205 e. The molecule has 1 fully saturated rings. The van der Waals surface area contributed by atoms with Crippen LogP contribution in [0.4, 0.5) is 0 Å². The van der Waals surface area contributed by atoms with E-state index in [1.54, 1.807) is 0 Å². The fourth-order valence-corrected chi connectivity index (χ4v) is 1.54. The van der Waals surface area contributed by atoms with E-state index in [-0.39, 0.29) is 6.10 Å². The normalized spacial score (nSPS) is 25.9. The van der Waals surface area contributed by atoms with Crippen LogP contribution in [-0.2, 0) is 9.47 Å². The van der Waals surface area contributed by atoms with E-state index < -0.39 is 0 Å². The van der Waals surface area contributed by atoms with Crippen molar-refractivity contribution in [2.75, 3.05) is 13.2 Å². The lowest BCUT2D eigenvalue weighted by molar-refractivity contribution is 0.0368. The average Bonchev–Trinajstić information content (AvgIpc) is 2.67. The summed E-state index contributed by atoms with van der Waals surface area (Å²) in [5, 5.41) is 0. The molecule has 0 aromatic heterocycles. The van der Waals surface area contributed by atoms with Crippen LogP contribution >= 0.6 is 0 Å². The zero-order chi connectivity index (χ0) is 9.80. The Morgan fingerprint density at radius 3 is 3.29 bits per heavy atom. The van der Waals surface area contributed by atoms with Crippen molar-refractivity contribution in [3.05, 3.63) is 23.7 Å². The Kier molecular flexibility index (Phi) is 2.93. The van der Waals surface area contributed by atoms with E-state index in [0.29, 0.717) is 6.61 Å². The first kappa shape index (κ1) is 9.40. The van der Waals surface area contributed by atoms with Crippen molar-refractivity contribution in [2.45, 2.75) is 25.9 Å². The van der Waals surface area contributed by atoms with Gasteiger partial charge in [0.2, 0.25) is 5.88 Å². The zero-order valence-corrected chi connectivity index (χ0v) is 8.38. The van der Waals surface area contributed by atoms with Crippen LogP contribution in [0, 0.1) is 0 Å². The SMILES string of the molecule is CC1=CNNC(OCC2CCCO2)=C1. The second-order valence-electron chi connectivity index (χ2n) is 3.61. The summed E-state index contributed by atoms with van der Waals surface area (Å²) >= 11 is 0. The molecule has 2 N–H and O–H groups in total. The Labute approximate surface area is 83.9 Å². The number of hydrazine groups is 1. The maximum atomic E-state index is 5.56. The fraction of sp³-hybridized carbons (Fsp3) is 0.600. The molecular weight excluding hydrogens is 180 g/mol. The first-order valence-corrected chi connectivity index (χ1v) is 4.99. The molecule has 1 unspecified atom stereocenters. The van der Waals surface area contributed by atoms with Crippen molar-refractivity contribution < 1.29 is 9.47 Å². The van der Waals surface area contributed by atoms with Gasteiger partial charge in [-0.15, -0.1) is 0 Å². The van der Waals surface area contributed by atoms with E-state index in [4.69, 9.17) is 9.47 Å². The van der Waals surface area contributed by atoms with Crippen molar-refractivity contribution in [2.24, 2.45) is 0 Å². The van der Waals surface area contributed by atoms with Crippen LogP contribution in [0.3, 0.4) is 0 Å². The third kappa shape index (κ3) is 2.42. The van der Waals surface area contributed by atoms with Crippen molar-refractivity contribution in [1.29, 1.82) is 0 Å². The van der Waals surface area contributed by atoms with Crippen LogP contribution < -0.4 is 10.9 Å². The molecule has 4 heteroatoms. The van der Waals surface area contributed by atoms with Gasteiger partial charge in [-0.05, 0) is 25.3 Å². The molecule has 2 aliphatic heterocycles. The number of allylic oxidation sites excluding steroid dienone is 2. The molecular formula is C10H16N2O2. The van der Waals surface area contributed by atoms with Gasteiger partial charge in [0.1, 0.15) is 6.61 Å². The van der Waals surface area contributed by atoms with Crippen molar-refractivity contribution in [3.8, 4) is 0 Å². The van der Waals surface area contributed by atoms with Gasteiger partial charge in [-0.1, -0.05) is 0 Å². The van der Waals surface area contributed by atoms with Crippen LogP contribution in [0.1, 0.15) is 19.8 Å². The highest BCUT2D eigenvalue weighted by Crippen LogP contribution is 2.13. The highest BCUT2D eigenvalue weighted by molar-refractivity contribution is 5.20. The van der Waals surface area contributed by atoms with Gasteiger partial charge >= 0.3 is 0 Å². The first-order valence-electron chi connectivity index (χ1n) is 4.99. The molecule has 1 saturated heterocycles. The van der Waals surface area contributed by atoms with Crippen molar-refractivity contribution in [3.63, 3.8) is 0 Å². The number of hydrogen-bond acceptors (Lipinski definition) is 4. The maximum absolute atomic E-state index is 5.56. The van der Waals surface area contributed by atoms with Gasteiger partial charge in [0, 0.05) is 18.9 Å². The van der Waals surface area contributed by atoms with Crippen LogP contribution in [0.5, 0.6) is 0 Å². The van der Waals surface area contributed by atoms with E-state index in [1.807, 2.05) is 19.2 Å². The van der Waals surface area contributed by atoms with E-state index in [9.17, 15) is 0 Å². The van der Waals surface area contributed by atoms with Crippen molar-refractivity contribution in [1.82, 2.24) is 10.9 Å². The summed E-state index contributed by atoms with van der Waals surface area (Å²) < 4.78 is 11.0. The molecule has 0 amide bonds. The molecule has 0 radical (unpaired) electrons. The van der Waals surface area contributed by atoms with Gasteiger partial charge in [-0.2, -0.15) is 0 Å². The lowest BCUT2D eigenvalue weighted by Crippen LogP contribution is -2.31. The summed E-state index contributed by atoms with van der Waals surface area (Å²) in [4.78, 5) is 0. The fourth-order valence-electron chi connectivity index (χ4n) is 1.54. The minimum absolute atomic E-state index is 0.268. The molecule has 14 heavy (non-hydrogen) atoms. The molecule has 2 rings (SSSR count). The third-order valence-electron chi connectivity index (χ3n) is 2.30. The maximum Gasteiger partial charge on any atom is 0.205 e. The average molecular weight is 196 g/mol. The molecule has 2 aliphatic rings. The topological polar surface area (TPSA) is 42.5 Å². The van der Waals surface area contributed by atoms with Crippen LogP contribution in [0.25, 0.3) is 0 Å². The zero-order valence-electron chi connectivity index (χ0n) is 8.38. The summed E-state index contributed by atoms with van der Waals surface area (Å²) in [5.74, 6) is 0.764. The Morgan fingerprint density at radius 1 is 1.64 bits per heavy atom. The van der Waals surface area contributed by atoms with Crippen molar-refractivity contribution >= 4 is 0 Å². The lowest BCUT2D eigenvalue weighted by atomic mass is 10.2. The largest absolute Gasteiger partial charge is 0.475 e. The molecule has 2 heterocycles. The van der Waals surface area contributed by atoms with Gasteiger partial charge in [0.05, 0.1) is 6.10 Å². The minimum Gasteiger partial charge on any atom is -0.475 e. The van der Waals surface area contributed by atoms with E-state index in [0.717, 1.165) is 30.9 Å². The molecule has 0 aliphatic carbocycles. The predicted molar refractivity (Wildman–Crippen MR) is 53.0 cm³/mol. The Morgan fingerprint density at radius 2 is 2.57 bits per heavy atom. The second kappa shape index (κ2) is 4.37.